The lowest BCUT2D eigenvalue weighted by molar-refractivity contribution is 0.364. The number of rotatable bonds is 4. The number of imidazole rings is 1. The molecule has 1 saturated carbocycles. The van der Waals surface area contributed by atoms with Gasteiger partial charge in [0.2, 0.25) is 0 Å². The van der Waals surface area contributed by atoms with Gasteiger partial charge in [-0.25, -0.2) is 4.98 Å². The molecule has 0 saturated heterocycles. The number of hydrogen-bond donors (Lipinski definition) is 1. The van der Waals surface area contributed by atoms with Crippen LogP contribution in [-0.4, -0.2) is 15.6 Å². The molecule has 0 aromatic carbocycles. The van der Waals surface area contributed by atoms with E-state index in [0.717, 1.165) is 0 Å². The van der Waals surface area contributed by atoms with Crippen molar-refractivity contribution in [2.24, 2.45) is 0 Å². The lowest BCUT2D eigenvalue weighted by Crippen LogP contribution is -2.35. The molecule has 3 atom stereocenters. The Kier molecular flexibility index (Phi) is 3.71. The van der Waals surface area contributed by atoms with Gasteiger partial charge in [0.25, 0.3) is 0 Å². The molecule has 19 heavy (non-hydrogen) atoms. The number of thiophene rings is 1. The van der Waals surface area contributed by atoms with Gasteiger partial charge in [-0.2, -0.15) is 0 Å². The second-order valence-electron chi connectivity index (χ2n) is 5.47. The number of nitrogens with zero attached hydrogens (tertiary/aromatic N) is 2. The molecule has 1 aliphatic carbocycles. The fourth-order valence-electron chi connectivity index (χ4n) is 3.18. The Bertz CT molecular complexity index is 517. The summed E-state index contributed by atoms with van der Waals surface area (Å²) in [5, 5.41) is 6.01. The lowest BCUT2D eigenvalue weighted by Gasteiger charge is -2.26. The van der Waals surface area contributed by atoms with Crippen molar-refractivity contribution in [1.82, 2.24) is 14.9 Å². The van der Waals surface area contributed by atoms with Crippen molar-refractivity contribution in [2.75, 3.05) is 0 Å². The summed E-state index contributed by atoms with van der Waals surface area (Å²) in [7, 11) is 0. The number of aromatic nitrogens is 2. The molecular weight excluding hydrogens is 254 g/mol. The maximum absolute atomic E-state index is 4.18. The Morgan fingerprint density at radius 3 is 3.05 bits per heavy atom. The van der Waals surface area contributed by atoms with E-state index in [2.05, 4.69) is 46.4 Å². The van der Waals surface area contributed by atoms with Crippen LogP contribution in [0.2, 0.25) is 0 Å². The van der Waals surface area contributed by atoms with Crippen LogP contribution in [-0.2, 0) is 0 Å². The van der Waals surface area contributed by atoms with Gasteiger partial charge in [0, 0.05) is 35.4 Å². The molecule has 0 spiro atoms. The molecule has 2 heterocycles. The van der Waals surface area contributed by atoms with Crippen molar-refractivity contribution in [3.8, 4) is 0 Å². The summed E-state index contributed by atoms with van der Waals surface area (Å²) in [6, 6.07) is 3.77. The van der Waals surface area contributed by atoms with Crippen LogP contribution in [0, 0.1) is 6.92 Å². The number of aryl methyl sites for hydroxylation is 1. The van der Waals surface area contributed by atoms with Crippen molar-refractivity contribution in [3.05, 3.63) is 40.6 Å². The van der Waals surface area contributed by atoms with E-state index in [1.54, 1.807) is 0 Å². The van der Waals surface area contributed by atoms with Gasteiger partial charge in [-0.1, -0.05) is 0 Å². The van der Waals surface area contributed by atoms with Crippen LogP contribution in [0.15, 0.2) is 30.2 Å². The van der Waals surface area contributed by atoms with Gasteiger partial charge in [0.15, 0.2) is 0 Å². The summed E-state index contributed by atoms with van der Waals surface area (Å²) in [4.78, 5) is 5.65. The van der Waals surface area contributed by atoms with Gasteiger partial charge >= 0.3 is 0 Å². The number of nitrogens with one attached hydrogen (secondary N) is 1. The van der Waals surface area contributed by atoms with Crippen LogP contribution in [0.5, 0.6) is 0 Å². The molecule has 102 valence electrons. The second kappa shape index (κ2) is 5.47. The maximum atomic E-state index is 4.18. The second-order valence-corrected chi connectivity index (χ2v) is 6.42. The van der Waals surface area contributed by atoms with Crippen LogP contribution >= 0.6 is 11.3 Å². The Balaban J connectivity index is 1.71. The first-order chi connectivity index (χ1) is 9.25. The summed E-state index contributed by atoms with van der Waals surface area (Å²) >= 11 is 1.86. The first-order valence-electron chi connectivity index (χ1n) is 7.03. The summed E-state index contributed by atoms with van der Waals surface area (Å²) in [5.41, 5.74) is 1.40. The zero-order valence-corrected chi connectivity index (χ0v) is 12.4. The molecule has 3 unspecified atom stereocenters. The molecule has 1 N–H and O–H groups in total. The third-order valence-electron chi connectivity index (χ3n) is 4.15. The molecule has 0 aliphatic heterocycles. The largest absolute Gasteiger partial charge is 0.333 e. The monoisotopic (exact) mass is 275 g/mol. The first kappa shape index (κ1) is 12.9. The molecule has 0 amide bonds. The normalized spacial score (nSPS) is 24.7. The Labute approximate surface area is 118 Å². The molecule has 2 aromatic rings. The van der Waals surface area contributed by atoms with Crippen LogP contribution in [0.3, 0.4) is 0 Å². The molecular formula is C15H21N3S. The van der Waals surface area contributed by atoms with Gasteiger partial charge < -0.3 is 9.88 Å². The average molecular weight is 275 g/mol. The van der Waals surface area contributed by atoms with Crippen molar-refractivity contribution < 1.29 is 0 Å². The quantitative estimate of drug-likeness (QED) is 0.922. The van der Waals surface area contributed by atoms with Gasteiger partial charge in [0.1, 0.15) is 0 Å². The predicted molar refractivity (Wildman–Crippen MR) is 79.5 cm³/mol. The first-order valence-corrected chi connectivity index (χ1v) is 7.91. The van der Waals surface area contributed by atoms with Crippen LogP contribution in [0.25, 0.3) is 0 Å². The third-order valence-corrected chi connectivity index (χ3v) is 5.35. The predicted octanol–water partition coefficient (Wildman–Crippen LogP) is 3.70. The van der Waals surface area contributed by atoms with Crippen LogP contribution in [0.1, 0.15) is 48.7 Å². The van der Waals surface area contributed by atoms with Gasteiger partial charge in [-0.3, -0.25) is 0 Å². The summed E-state index contributed by atoms with van der Waals surface area (Å²) in [6.45, 7) is 4.48. The van der Waals surface area contributed by atoms with Crippen molar-refractivity contribution in [1.29, 1.82) is 0 Å². The van der Waals surface area contributed by atoms with Crippen molar-refractivity contribution in [3.63, 3.8) is 0 Å². The summed E-state index contributed by atoms with van der Waals surface area (Å²) in [6.07, 6.45) is 9.73. The van der Waals surface area contributed by atoms with Crippen LogP contribution in [0.4, 0.5) is 0 Å². The van der Waals surface area contributed by atoms with E-state index in [9.17, 15) is 0 Å². The molecule has 4 heteroatoms. The molecule has 0 radical (unpaired) electrons. The van der Waals surface area contributed by atoms with E-state index in [0.29, 0.717) is 18.1 Å². The standard InChI is InChI=1S/C15H21N3S/c1-11-6-9-19-15(11)12(2)17-13-4-3-5-14(13)18-8-7-16-10-18/h6-10,12-14,17H,3-5H2,1-2H3. The van der Waals surface area contributed by atoms with Crippen molar-refractivity contribution >= 4 is 11.3 Å². The van der Waals surface area contributed by atoms with E-state index < -0.39 is 0 Å². The zero-order valence-electron chi connectivity index (χ0n) is 11.5. The SMILES string of the molecule is Cc1ccsc1C(C)NC1CCCC1n1ccnc1. The van der Waals surface area contributed by atoms with Crippen LogP contribution < -0.4 is 5.32 Å². The van der Waals surface area contributed by atoms with E-state index >= 15 is 0 Å². The molecule has 3 nitrogen and oxygen atoms in total. The van der Waals surface area contributed by atoms with E-state index in [-0.39, 0.29) is 0 Å². The highest BCUT2D eigenvalue weighted by molar-refractivity contribution is 7.10. The smallest absolute Gasteiger partial charge is 0.0949 e. The van der Waals surface area contributed by atoms with E-state index in [1.165, 1.54) is 29.7 Å². The summed E-state index contributed by atoms with van der Waals surface area (Å²) < 4.78 is 2.26. The van der Waals surface area contributed by atoms with Gasteiger partial charge in [0.05, 0.1) is 6.33 Å². The molecule has 1 fully saturated rings. The zero-order chi connectivity index (χ0) is 13.2. The molecule has 3 rings (SSSR count). The maximum Gasteiger partial charge on any atom is 0.0949 e. The van der Waals surface area contributed by atoms with Gasteiger partial charge in [-0.05, 0) is 50.1 Å². The molecule has 1 aliphatic rings. The molecule has 2 aromatic heterocycles. The Morgan fingerprint density at radius 1 is 1.47 bits per heavy atom. The summed E-state index contributed by atoms with van der Waals surface area (Å²) in [5.74, 6) is 0. The molecule has 0 bridgehead atoms. The minimum Gasteiger partial charge on any atom is -0.333 e. The minimum atomic E-state index is 0.439. The highest BCUT2D eigenvalue weighted by Crippen LogP contribution is 2.33. The highest BCUT2D eigenvalue weighted by atomic mass is 32.1. The number of hydrogen-bond acceptors (Lipinski definition) is 3. The fourth-order valence-corrected chi connectivity index (χ4v) is 4.13. The van der Waals surface area contributed by atoms with Crippen molar-refractivity contribution in [2.45, 2.75) is 51.2 Å². The minimum absolute atomic E-state index is 0.439. The Hall–Kier alpha value is -1.13. The Morgan fingerprint density at radius 2 is 2.37 bits per heavy atom. The topological polar surface area (TPSA) is 29.9 Å². The van der Waals surface area contributed by atoms with Gasteiger partial charge in [-0.15, -0.1) is 11.3 Å². The third kappa shape index (κ3) is 2.60. The lowest BCUT2D eigenvalue weighted by atomic mass is 10.1. The fraction of sp³-hybridized carbons (Fsp3) is 0.533. The average Bonchev–Trinajstić information content (AvgIpc) is 3.07. The van der Waals surface area contributed by atoms with E-state index in [4.69, 9.17) is 0 Å². The highest BCUT2D eigenvalue weighted by Gasteiger charge is 2.29. The van der Waals surface area contributed by atoms with E-state index in [1.807, 2.05) is 23.9 Å².